The molecule has 0 heterocycles. The first-order chi connectivity index (χ1) is 13.4. The summed E-state index contributed by atoms with van der Waals surface area (Å²) < 4.78 is 6.97. The summed E-state index contributed by atoms with van der Waals surface area (Å²) in [7, 11) is 0. The van der Waals surface area contributed by atoms with E-state index in [1.54, 1.807) is 12.1 Å². The molecule has 0 saturated carbocycles. The summed E-state index contributed by atoms with van der Waals surface area (Å²) in [6.45, 7) is 3.00. The summed E-state index contributed by atoms with van der Waals surface area (Å²) in [5, 5.41) is 12.7. The monoisotopic (exact) mass is 459 g/mol. The Morgan fingerprint density at radius 1 is 1.14 bits per heavy atom. The van der Waals surface area contributed by atoms with Gasteiger partial charge in [0.1, 0.15) is 12.4 Å². The van der Waals surface area contributed by atoms with Crippen LogP contribution in [0.3, 0.4) is 0 Å². The van der Waals surface area contributed by atoms with Gasteiger partial charge in [-0.1, -0.05) is 57.4 Å². The molecule has 0 atom stereocenters. The standard InChI is InChI=1S/C22H19BrClNO3/c1-14-3-2-4-15(9-14)13-28-21-8-5-17(23)10-16(21)12-25-18-6-7-20(24)19(11-18)22(26)27/h2-11,25H,12-13H2,1H3,(H,26,27). The van der Waals surface area contributed by atoms with Crippen LogP contribution in [0.1, 0.15) is 27.0 Å². The number of hydrogen-bond donors (Lipinski definition) is 2. The molecule has 144 valence electrons. The van der Waals surface area contributed by atoms with Gasteiger partial charge in [-0.2, -0.15) is 0 Å². The average molecular weight is 461 g/mol. The first kappa shape index (κ1) is 20.2. The van der Waals surface area contributed by atoms with Crippen molar-refractivity contribution in [2.45, 2.75) is 20.1 Å². The number of carbonyl (C=O) groups is 1. The lowest BCUT2D eigenvalue weighted by Crippen LogP contribution is -2.05. The summed E-state index contributed by atoms with van der Waals surface area (Å²) in [4.78, 5) is 11.3. The molecule has 0 fully saturated rings. The van der Waals surface area contributed by atoms with Gasteiger partial charge >= 0.3 is 5.97 Å². The zero-order valence-electron chi connectivity index (χ0n) is 15.2. The van der Waals surface area contributed by atoms with Gasteiger partial charge in [0.05, 0.1) is 10.6 Å². The van der Waals surface area contributed by atoms with Crippen LogP contribution < -0.4 is 10.1 Å². The van der Waals surface area contributed by atoms with Crippen molar-refractivity contribution in [3.05, 3.63) is 92.4 Å². The van der Waals surface area contributed by atoms with Crippen molar-refractivity contribution in [1.82, 2.24) is 0 Å². The van der Waals surface area contributed by atoms with Crippen molar-refractivity contribution in [2.24, 2.45) is 0 Å². The van der Waals surface area contributed by atoms with Crippen LogP contribution >= 0.6 is 27.5 Å². The summed E-state index contributed by atoms with van der Waals surface area (Å²) in [5.74, 6) is -0.289. The van der Waals surface area contributed by atoms with Crippen LogP contribution in [0.15, 0.2) is 65.1 Å². The average Bonchev–Trinajstić information content (AvgIpc) is 2.66. The van der Waals surface area contributed by atoms with Crippen LogP contribution in [-0.2, 0) is 13.2 Å². The summed E-state index contributed by atoms with van der Waals surface area (Å²) in [5.41, 5.74) is 3.98. The molecule has 0 bridgehead atoms. The Hall–Kier alpha value is -2.50. The summed E-state index contributed by atoms with van der Waals surface area (Å²) in [6, 6.07) is 18.9. The molecule has 3 aromatic carbocycles. The van der Waals surface area contributed by atoms with Crippen molar-refractivity contribution in [3.8, 4) is 5.75 Å². The molecule has 0 radical (unpaired) electrons. The van der Waals surface area contributed by atoms with E-state index in [-0.39, 0.29) is 10.6 Å². The Morgan fingerprint density at radius 3 is 2.71 bits per heavy atom. The third-order valence-corrected chi connectivity index (χ3v) is 5.00. The molecule has 3 aromatic rings. The van der Waals surface area contributed by atoms with Crippen molar-refractivity contribution in [2.75, 3.05) is 5.32 Å². The third kappa shape index (κ3) is 5.27. The third-order valence-electron chi connectivity index (χ3n) is 4.18. The van der Waals surface area contributed by atoms with Crippen LogP contribution in [0.5, 0.6) is 5.75 Å². The molecule has 0 aliphatic carbocycles. The van der Waals surface area contributed by atoms with Crippen molar-refractivity contribution in [3.63, 3.8) is 0 Å². The minimum absolute atomic E-state index is 0.0665. The number of halogens is 2. The molecule has 4 nitrogen and oxygen atoms in total. The number of anilines is 1. The molecule has 2 N–H and O–H groups in total. The molecule has 0 aromatic heterocycles. The Kier molecular flexibility index (Phi) is 6.60. The molecule has 28 heavy (non-hydrogen) atoms. The molecule has 6 heteroatoms. The van der Waals surface area contributed by atoms with Gasteiger partial charge in [-0.15, -0.1) is 0 Å². The van der Waals surface area contributed by atoms with E-state index < -0.39 is 5.97 Å². The fourth-order valence-electron chi connectivity index (χ4n) is 2.79. The highest BCUT2D eigenvalue weighted by Crippen LogP contribution is 2.26. The van der Waals surface area contributed by atoms with E-state index in [4.69, 9.17) is 16.3 Å². The molecule has 0 spiro atoms. The summed E-state index contributed by atoms with van der Waals surface area (Å²) >= 11 is 9.42. The minimum atomic E-state index is -1.06. The highest BCUT2D eigenvalue weighted by Gasteiger charge is 2.10. The van der Waals surface area contributed by atoms with Crippen LogP contribution in [0, 0.1) is 6.92 Å². The second-order valence-electron chi connectivity index (χ2n) is 6.38. The number of nitrogens with one attached hydrogen (secondary N) is 1. The van der Waals surface area contributed by atoms with Crippen molar-refractivity contribution < 1.29 is 14.6 Å². The Bertz CT molecular complexity index is 1010. The van der Waals surface area contributed by atoms with Gasteiger partial charge in [0.15, 0.2) is 0 Å². The van der Waals surface area contributed by atoms with Gasteiger partial charge in [0.25, 0.3) is 0 Å². The highest BCUT2D eigenvalue weighted by atomic mass is 79.9. The molecule has 0 unspecified atom stereocenters. The number of aromatic carboxylic acids is 1. The molecular formula is C22H19BrClNO3. The smallest absolute Gasteiger partial charge is 0.337 e. The normalized spacial score (nSPS) is 10.5. The van der Waals surface area contributed by atoms with Crippen LogP contribution in [0.25, 0.3) is 0 Å². The van der Waals surface area contributed by atoms with Crippen molar-refractivity contribution >= 4 is 39.2 Å². The van der Waals surface area contributed by atoms with Crippen LogP contribution in [0.4, 0.5) is 5.69 Å². The van der Waals surface area contributed by atoms with Gasteiger partial charge in [-0.05, 0) is 48.9 Å². The van der Waals surface area contributed by atoms with E-state index in [2.05, 4.69) is 40.3 Å². The molecule has 0 aliphatic rings. The topological polar surface area (TPSA) is 58.6 Å². The lowest BCUT2D eigenvalue weighted by atomic mass is 10.1. The van der Waals surface area contributed by atoms with E-state index in [1.165, 1.54) is 11.6 Å². The Morgan fingerprint density at radius 2 is 1.96 bits per heavy atom. The summed E-state index contributed by atoms with van der Waals surface area (Å²) in [6.07, 6.45) is 0. The van der Waals surface area contributed by atoms with Gasteiger partial charge in [-0.25, -0.2) is 4.79 Å². The maximum absolute atomic E-state index is 11.3. The highest BCUT2D eigenvalue weighted by molar-refractivity contribution is 9.10. The largest absolute Gasteiger partial charge is 0.489 e. The number of rotatable bonds is 7. The van der Waals surface area contributed by atoms with Gasteiger partial charge in [0.2, 0.25) is 0 Å². The first-order valence-electron chi connectivity index (χ1n) is 8.66. The van der Waals surface area contributed by atoms with E-state index in [9.17, 15) is 9.90 Å². The number of hydrogen-bond acceptors (Lipinski definition) is 3. The molecular weight excluding hydrogens is 442 g/mol. The number of carboxylic acid groups (broad SMARTS) is 1. The maximum Gasteiger partial charge on any atom is 0.337 e. The Balaban J connectivity index is 1.74. The molecule has 3 rings (SSSR count). The molecule has 0 amide bonds. The number of ether oxygens (including phenoxy) is 1. The fourth-order valence-corrected chi connectivity index (χ4v) is 3.39. The maximum atomic E-state index is 11.3. The van der Waals surface area contributed by atoms with Gasteiger partial charge in [0, 0.05) is 22.3 Å². The number of benzene rings is 3. The van der Waals surface area contributed by atoms with E-state index in [0.29, 0.717) is 18.8 Å². The van der Waals surface area contributed by atoms with E-state index >= 15 is 0 Å². The second kappa shape index (κ2) is 9.13. The lowest BCUT2D eigenvalue weighted by molar-refractivity contribution is 0.0697. The zero-order chi connectivity index (χ0) is 20.1. The van der Waals surface area contributed by atoms with E-state index in [1.807, 2.05) is 30.3 Å². The van der Waals surface area contributed by atoms with Gasteiger partial charge in [-0.3, -0.25) is 0 Å². The first-order valence-corrected chi connectivity index (χ1v) is 9.83. The minimum Gasteiger partial charge on any atom is -0.489 e. The van der Waals surface area contributed by atoms with Crippen LogP contribution in [-0.4, -0.2) is 11.1 Å². The lowest BCUT2D eigenvalue weighted by Gasteiger charge is -2.14. The quantitative estimate of drug-likeness (QED) is 0.434. The predicted molar refractivity (Wildman–Crippen MR) is 115 cm³/mol. The number of aryl methyl sites for hydroxylation is 1. The van der Waals surface area contributed by atoms with Gasteiger partial charge < -0.3 is 15.2 Å². The van der Waals surface area contributed by atoms with Crippen molar-refractivity contribution in [1.29, 1.82) is 0 Å². The molecule has 0 aliphatic heterocycles. The Labute approximate surface area is 177 Å². The zero-order valence-corrected chi connectivity index (χ0v) is 17.5. The predicted octanol–water partition coefficient (Wildman–Crippen LogP) is 6.30. The number of carboxylic acids is 1. The SMILES string of the molecule is Cc1cccc(COc2ccc(Br)cc2CNc2ccc(Cl)c(C(=O)O)c2)c1. The fraction of sp³-hybridized carbons (Fsp3) is 0.136. The van der Waals surface area contributed by atoms with E-state index in [0.717, 1.165) is 21.3 Å². The second-order valence-corrected chi connectivity index (χ2v) is 7.71. The van der Waals surface area contributed by atoms with Crippen LogP contribution in [0.2, 0.25) is 5.02 Å². The molecule has 0 saturated heterocycles.